The van der Waals surface area contributed by atoms with Gasteiger partial charge >= 0.3 is 12.1 Å². The predicted molar refractivity (Wildman–Crippen MR) is 66.7 cm³/mol. The minimum atomic E-state index is -4.49. The fraction of sp³-hybridized carbons (Fsp3) is 0.308. The Morgan fingerprint density at radius 2 is 2.11 bits per heavy atom. The van der Waals surface area contributed by atoms with Gasteiger partial charge in [0.1, 0.15) is 0 Å². The zero-order valence-corrected chi connectivity index (χ0v) is 10.9. The topological polar surface area (TPSA) is 26.3 Å². The van der Waals surface area contributed by atoms with Crippen LogP contribution in [0.15, 0.2) is 24.3 Å². The van der Waals surface area contributed by atoms with Crippen LogP contribution in [-0.4, -0.2) is 12.6 Å². The van der Waals surface area contributed by atoms with Gasteiger partial charge in [-0.1, -0.05) is 29.8 Å². The molecule has 0 saturated carbocycles. The highest BCUT2D eigenvalue weighted by Crippen LogP contribution is 2.34. The molecule has 0 spiro atoms. The van der Waals surface area contributed by atoms with Crippen molar-refractivity contribution in [3.8, 4) is 0 Å². The first-order chi connectivity index (χ1) is 8.84. The first kappa shape index (κ1) is 15.6. The van der Waals surface area contributed by atoms with Crippen LogP contribution in [0.3, 0.4) is 0 Å². The number of ether oxygens (including phenoxy) is 1. The van der Waals surface area contributed by atoms with Gasteiger partial charge in [0.25, 0.3) is 0 Å². The minimum Gasteiger partial charge on any atom is -0.466 e. The number of rotatable bonds is 4. The third-order valence-corrected chi connectivity index (χ3v) is 2.44. The van der Waals surface area contributed by atoms with Crippen molar-refractivity contribution < 1.29 is 22.7 Å². The molecule has 0 aliphatic carbocycles. The molecule has 0 N–H and O–H groups in total. The quantitative estimate of drug-likeness (QED) is 0.772. The second-order valence-corrected chi connectivity index (χ2v) is 4.08. The van der Waals surface area contributed by atoms with Crippen LogP contribution >= 0.6 is 11.6 Å². The molecule has 2 nitrogen and oxygen atoms in total. The van der Waals surface area contributed by atoms with Crippen molar-refractivity contribution in [3.05, 3.63) is 40.4 Å². The van der Waals surface area contributed by atoms with Crippen molar-refractivity contribution in [2.75, 3.05) is 6.61 Å². The van der Waals surface area contributed by atoms with Gasteiger partial charge in [0.15, 0.2) is 0 Å². The largest absolute Gasteiger partial charge is 0.466 e. The summed E-state index contributed by atoms with van der Waals surface area (Å²) in [4.78, 5) is 11.1. The molecule has 0 aliphatic heterocycles. The first-order valence-electron chi connectivity index (χ1n) is 5.53. The smallest absolute Gasteiger partial charge is 0.417 e. The monoisotopic (exact) mass is 292 g/mol. The van der Waals surface area contributed by atoms with E-state index in [0.717, 1.165) is 6.07 Å². The highest BCUT2D eigenvalue weighted by molar-refractivity contribution is 6.30. The van der Waals surface area contributed by atoms with Crippen molar-refractivity contribution in [3.63, 3.8) is 0 Å². The molecule has 0 fully saturated rings. The maximum absolute atomic E-state index is 12.8. The lowest BCUT2D eigenvalue weighted by Gasteiger charge is -2.10. The number of hydrogen-bond acceptors (Lipinski definition) is 2. The molecule has 1 aromatic carbocycles. The Morgan fingerprint density at radius 3 is 2.68 bits per heavy atom. The molecule has 1 rings (SSSR count). The van der Waals surface area contributed by atoms with Crippen LogP contribution < -0.4 is 0 Å². The summed E-state index contributed by atoms with van der Waals surface area (Å²) in [5, 5.41) is 0.00914. The number of carbonyl (C=O) groups excluding carboxylic acids is 1. The minimum absolute atomic E-state index is 0.00914. The molecule has 104 valence electrons. The van der Waals surface area contributed by atoms with Gasteiger partial charge in [-0.3, -0.25) is 4.79 Å². The number of hydrogen-bond donors (Lipinski definition) is 0. The Bertz CT molecular complexity index is 481. The molecule has 6 heteroatoms. The Labute approximate surface area is 113 Å². The fourth-order valence-electron chi connectivity index (χ4n) is 1.42. The summed E-state index contributed by atoms with van der Waals surface area (Å²) in [7, 11) is 0. The lowest BCUT2D eigenvalue weighted by Crippen LogP contribution is -2.07. The van der Waals surface area contributed by atoms with Crippen molar-refractivity contribution in [1.29, 1.82) is 0 Å². The summed E-state index contributed by atoms with van der Waals surface area (Å²) >= 11 is 5.55. The van der Waals surface area contributed by atoms with Crippen molar-refractivity contribution in [2.24, 2.45) is 0 Å². The van der Waals surface area contributed by atoms with Gasteiger partial charge in [-0.2, -0.15) is 13.2 Å². The van der Waals surface area contributed by atoms with Gasteiger partial charge < -0.3 is 4.74 Å². The molecular weight excluding hydrogens is 281 g/mol. The normalized spacial score (nSPS) is 11.8. The van der Waals surface area contributed by atoms with Crippen molar-refractivity contribution >= 4 is 23.6 Å². The van der Waals surface area contributed by atoms with Crippen LogP contribution in [-0.2, 0) is 15.7 Å². The summed E-state index contributed by atoms with van der Waals surface area (Å²) in [5.41, 5.74) is -0.874. The molecule has 1 aromatic rings. The van der Waals surface area contributed by atoms with Crippen LogP contribution in [0, 0.1) is 0 Å². The zero-order valence-electron chi connectivity index (χ0n) is 10.1. The molecular formula is C13H12ClF3O2. The lowest BCUT2D eigenvalue weighted by molar-refractivity contribution is -0.142. The van der Waals surface area contributed by atoms with Gasteiger partial charge in [-0.05, 0) is 24.6 Å². The standard InChI is InChI=1S/C13H12ClF3O2/c1-2-19-12(18)5-3-4-9-6-7-10(14)8-11(9)13(15,16)17/h3-4,6-8H,2,5H2,1H3. The van der Waals surface area contributed by atoms with E-state index in [2.05, 4.69) is 4.74 Å². The molecule has 0 heterocycles. The number of alkyl halides is 3. The van der Waals surface area contributed by atoms with E-state index in [4.69, 9.17) is 11.6 Å². The van der Waals surface area contributed by atoms with Crippen LogP contribution in [0.25, 0.3) is 6.08 Å². The third kappa shape index (κ3) is 4.95. The van der Waals surface area contributed by atoms with Crippen LogP contribution in [0.5, 0.6) is 0 Å². The lowest BCUT2D eigenvalue weighted by atomic mass is 10.1. The third-order valence-electron chi connectivity index (χ3n) is 2.21. The molecule has 19 heavy (non-hydrogen) atoms. The second kappa shape index (κ2) is 6.61. The van der Waals surface area contributed by atoms with E-state index in [9.17, 15) is 18.0 Å². The van der Waals surface area contributed by atoms with E-state index >= 15 is 0 Å². The van der Waals surface area contributed by atoms with E-state index in [1.807, 2.05) is 0 Å². The Morgan fingerprint density at radius 1 is 1.42 bits per heavy atom. The number of benzene rings is 1. The highest BCUT2D eigenvalue weighted by atomic mass is 35.5. The van der Waals surface area contributed by atoms with Crippen LogP contribution in [0.4, 0.5) is 13.2 Å². The fourth-order valence-corrected chi connectivity index (χ4v) is 1.59. The van der Waals surface area contributed by atoms with E-state index in [1.165, 1.54) is 24.3 Å². The maximum atomic E-state index is 12.8. The van der Waals surface area contributed by atoms with Crippen molar-refractivity contribution in [1.82, 2.24) is 0 Å². The van der Waals surface area contributed by atoms with E-state index in [-0.39, 0.29) is 23.6 Å². The zero-order chi connectivity index (χ0) is 14.5. The first-order valence-corrected chi connectivity index (χ1v) is 5.91. The summed E-state index contributed by atoms with van der Waals surface area (Å²) in [6, 6.07) is 3.47. The van der Waals surface area contributed by atoms with Gasteiger partial charge in [0.05, 0.1) is 18.6 Å². The average Bonchev–Trinajstić information content (AvgIpc) is 2.30. The van der Waals surface area contributed by atoms with Crippen LogP contribution in [0.2, 0.25) is 5.02 Å². The molecule has 0 radical (unpaired) electrons. The number of halogens is 4. The molecule has 0 aromatic heterocycles. The summed E-state index contributed by atoms with van der Waals surface area (Å²) in [6.07, 6.45) is -2.01. The number of esters is 1. The second-order valence-electron chi connectivity index (χ2n) is 3.64. The van der Waals surface area contributed by atoms with Gasteiger partial charge in [0, 0.05) is 5.02 Å². The molecule has 0 bridgehead atoms. The number of carbonyl (C=O) groups is 1. The van der Waals surface area contributed by atoms with Crippen molar-refractivity contribution in [2.45, 2.75) is 19.5 Å². The van der Waals surface area contributed by atoms with Gasteiger partial charge in [-0.25, -0.2) is 0 Å². The SMILES string of the molecule is CCOC(=O)CC=Cc1ccc(Cl)cc1C(F)(F)F. The molecule has 0 saturated heterocycles. The molecule has 0 aliphatic rings. The van der Waals surface area contributed by atoms with Crippen LogP contribution in [0.1, 0.15) is 24.5 Å². The van der Waals surface area contributed by atoms with Gasteiger partial charge in [0.2, 0.25) is 0 Å². The summed E-state index contributed by atoms with van der Waals surface area (Å²) < 4.78 is 42.9. The molecule has 0 unspecified atom stereocenters. The highest BCUT2D eigenvalue weighted by Gasteiger charge is 2.32. The molecule has 0 amide bonds. The maximum Gasteiger partial charge on any atom is 0.417 e. The summed E-state index contributed by atoms with van der Waals surface area (Å²) in [5.74, 6) is -0.485. The Balaban J connectivity index is 2.89. The Hall–Kier alpha value is -1.49. The van der Waals surface area contributed by atoms with E-state index in [0.29, 0.717) is 0 Å². The van der Waals surface area contributed by atoms with Gasteiger partial charge in [-0.15, -0.1) is 0 Å². The average molecular weight is 293 g/mol. The van der Waals surface area contributed by atoms with E-state index in [1.54, 1.807) is 6.92 Å². The summed E-state index contributed by atoms with van der Waals surface area (Å²) in [6.45, 7) is 1.89. The van der Waals surface area contributed by atoms with E-state index < -0.39 is 17.7 Å². The predicted octanol–water partition coefficient (Wildman–Crippen LogP) is 4.33. The Kier molecular flexibility index (Phi) is 5.42. The molecule has 0 atom stereocenters.